The van der Waals surface area contributed by atoms with Crippen molar-refractivity contribution in [2.75, 3.05) is 31.1 Å². The lowest BCUT2D eigenvalue weighted by Gasteiger charge is -2.45. The van der Waals surface area contributed by atoms with Crippen molar-refractivity contribution >= 4 is 21.6 Å². The summed E-state index contributed by atoms with van der Waals surface area (Å²) in [4.78, 5) is 11.6. The normalized spacial score (nSPS) is 27.1. The predicted molar refractivity (Wildman–Crippen MR) is 108 cm³/mol. The van der Waals surface area contributed by atoms with Crippen LogP contribution >= 0.6 is 0 Å². The number of nitrogens with zero attached hydrogens (tertiary/aromatic N) is 3. The highest BCUT2D eigenvalue weighted by molar-refractivity contribution is 7.91. The third-order valence-electron chi connectivity index (χ3n) is 6.01. The quantitative estimate of drug-likeness (QED) is 0.393. The molecule has 3 heterocycles. The molecule has 1 aromatic carbocycles. The van der Waals surface area contributed by atoms with Crippen LogP contribution in [-0.4, -0.2) is 73.6 Å². The molecule has 8 nitrogen and oxygen atoms in total. The van der Waals surface area contributed by atoms with Crippen LogP contribution in [0.4, 0.5) is 17.6 Å². The highest BCUT2D eigenvalue weighted by Crippen LogP contribution is 2.32. The number of nitrogens with one attached hydrogen (secondary N) is 2. The molecule has 0 aromatic heterocycles. The molecule has 2 fully saturated rings. The lowest BCUT2D eigenvalue weighted by molar-refractivity contribution is -0.0826. The zero-order valence-corrected chi connectivity index (χ0v) is 17.8. The Balaban J connectivity index is 1.55. The van der Waals surface area contributed by atoms with Crippen molar-refractivity contribution in [3.8, 4) is 0 Å². The van der Waals surface area contributed by atoms with Gasteiger partial charge in [0, 0.05) is 25.6 Å². The Morgan fingerprint density at radius 2 is 1.81 bits per heavy atom. The van der Waals surface area contributed by atoms with Crippen LogP contribution in [0.1, 0.15) is 24.4 Å². The molecule has 2 N–H and O–H groups in total. The first-order valence-electron chi connectivity index (χ1n) is 10.2. The maximum Gasteiger partial charge on any atom is 0.470 e. The smallest absolute Gasteiger partial charge is 0.380 e. The van der Waals surface area contributed by atoms with Crippen LogP contribution in [0.25, 0.3) is 0 Å². The second-order valence-corrected chi connectivity index (χ2v) is 10.4. The van der Waals surface area contributed by atoms with Gasteiger partial charge >= 0.3 is 12.1 Å². The van der Waals surface area contributed by atoms with Crippen molar-refractivity contribution in [1.29, 1.82) is 5.41 Å². The summed E-state index contributed by atoms with van der Waals surface area (Å²) >= 11 is 0. The Morgan fingerprint density at radius 1 is 1.16 bits per heavy atom. The molecule has 13 heteroatoms. The molecule has 176 valence electrons. The number of piperazine rings is 1. The zero-order chi connectivity index (χ0) is 23.1. The van der Waals surface area contributed by atoms with Gasteiger partial charge in [0.05, 0.1) is 23.4 Å². The minimum atomic E-state index is -4.70. The number of benzene rings is 1. The van der Waals surface area contributed by atoms with E-state index in [9.17, 15) is 26.0 Å². The van der Waals surface area contributed by atoms with E-state index >= 15 is 0 Å². The summed E-state index contributed by atoms with van der Waals surface area (Å²) < 4.78 is 75.6. The molecule has 2 saturated heterocycles. The van der Waals surface area contributed by atoms with Crippen molar-refractivity contribution < 1.29 is 30.8 Å². The SMILES string of the molecule is N=C(C1CCS(=O)(=O)CC1)N1CCN(C2N=C(C(F)(F)F)ON2)CC1c1ccc(F)cc1. The van der Waals surface area contributed by atoms with Crippen LogP contribution in [0.3, 0.4) is 0 Å². The van der Waals surface area contributed by atoms with Gasteiger partial charge in [-0.05, 0) is 30.5 Å². The number of hydroxylamine groups is 1. The van der Waals surface area contributed by atoms with Gasteiger partial charge in [0.1, 0.15) is 15.7 Å². The molecule has 0 aliphatic carbocycles. The molecule has 3 aliphatic rings. The minimum Gasteiger partial charge on any atom is -0.380 e. The Morgan fingerprint density at radius 3 is 2.41 bits per heavy atom. The summed E-state index contributed by atoms with van der Waals surface area (Å²) in [5.41, 5.74) is 2.98. The van der Waals surface area contributed by atoms with Crippen LogP contribution in [0.15, 0.2) is 29.3 Å². The van der Waals surface area contributed by atoms with Gasteiger partial charge in [0.25, 0.3) is 0 Å². The molecule has 32 heavy (non-hydrogen) atoms. The zero-order valence-electron chi connectivity index (χ0n) is 17.0. The van der Waals surface area contributed by atoms with Crippen molar-refractivity contribution in [2.45, 2.75) is 31.3 Å². The standard InChI is InChI=1S/C19H23F4N5O3S/c20-14-3-1-12(2-4-14)15-11-27(18-25-17(31-26-18)19(21,22)23)7-8-28(15)16(24)13-5-9-32(29,30)10-6-13/h1-4,13,15,18,24,26H,5-11H2. The average molecular weight is 477 g/mol. The van der Waals surface area contributed by atoms with Crippen LogP contribution < -0.4 is 5.48 Å². The number of hydrogen-bond donors (Lipinski definition) is 2. The summed E-state index contributed by atoms with van der Waals surface area (Å²) in [5.74, 6) is -1.65. The molecule has 1 aromatic rings. The monoisotopic (exact) mass is 477 g/mol. The number of rotatable bonds is 3. The Bertz CT molecular complexity index is 985. The fourth-order valence-electron chi connectivity index (χ4n) is 4.24. The summed E-state index contributed by atoms with van der Waals surface area (Å²) in [6.07, 6.45) is -5.03. The predicted octanol–water partition coefficient (Wildman–Crippen LogP) is 2.07. The van der Waals surface area contributed by atoms with Gasteiger partial charge in [-0.15, -0.1) is 5.48 Å². The van der Waals surface area contributed by atoms with Gasteiger partial charge in [-0.25, -0.2) is 17.8 Å². The fourth-order valence-corrected chi connectivity index (χ4v) is 5.73. The van der Waals surface area contributed by atoms with Gasteiger partial charge in [0.2, 0.25) is 0 Å². The second kappa shape index (κ2) is 8.60. The Hall–Kier alpha value is -2.25. The van der Waals surface area contributed by atoms with Crippen LogP contribution in [0, 0.1) is 17.1 Å². The first kappa shape index (κ1) is 22.9. The van der Waals surface area contributed by atoms with E-state index in [2.05, 4.69) is 15.3 Å². The van der Waals surface area contributed by atoms with Gasteiger partial charge < -0.3 is 9.74 Å². The highest BCUT2D eigenvalue weighted by atomic mass is 32.2. The second-order valence-electron chi connectivity index (χ2n) is 8.09. The number of sulfone groups is 1. The number of amidine groups is 1. The summed E-state index contributed by atoms with van der Waals surface area (Å²) in [7, 11) is -3.08. The van der Waals surface area contributed by atoms with E-state index in [-0.39, 0.29) is 24.0 Å². The Labute approximate surface area is 182 Å². The topological polar surface area (TPSA) is 98.1 Å². The maximum atomic E-state index is 13.5. The van der Waals surface area contributed by atoms with E-state index < -0.39 is 40.1 Å². The van der Waals surface area contributed by atoms with E-state index in [0.29, 0.717) is 37.3 Å². The van der Waals surface area contributed by atoms with Crippen molar-refractivity contribution in [2.24, 2.45) is 10.9 Å². The molecule has 0 radical (unpaired) electrons. The molecule has 4 rings (SSSR count). The Kier molecular flexibility index (Phi) is 6.16. The maximum absolute atomic E-state index is 13.5. The van der Waals surface area contributed by atoms with Crippen LogP contribution in [0.2, 0.25) is 0 Å². The van der Waals surface area contributed by atoms with Crippen LogP contribution in [0.5, 0.6) is 0 Å². The number of alkyl halides is 3. The van der Waals surface area contributed by atoms with E-state index in [0.717, 1.165) is 0 Å². The van der Waals surface area contributed by atoms with E-state index in [1.165, 1.54) is 12.1 Å². The van der Waals surface area contributed by atoms with E-state index in [1.807, 2.05) is 4.90 Å². The number of hydrogen-bond acceptors (Lipinski definition) is 7. The first-order chi connectivity index (χ1) is 15.0. The number of aliphatic imine (C=N–C) groups is 1. The molecule has 2 atom stereocenters. The van der Waals surface area contributed by atoms with Gasteiger partial charge in [0.15, 0.2) is 6.29 Å². The fraction of sp³-hybridized carbons (Fsp3) is 0.579. The largest absolute Gasteiger partial charge is 0.470 e. The molecule has 2 unspecified atom stereocenters. The molecule has 0 bridgehead atoms. The van der Waals surface area contributed by atoms with Gasteiger partial charge in [-0.3, -0.25) is 10.3 Å². The molecular weight excluding hydrogens is 454 g/mol. The summed E-state index contributed by atoms with van der Waals surface area (Å²) in [5, 5.41) is 8.74. The average Bonchev–Trinajstić information content (AvgIpc) is 3.24. The molecule has 0 spiro atoms. The lowest BCUT2D eigenvalue weighted by atomic mass is 9.96. The van der Waals surface area contributed by atoms with E-state index in [1.54, 1.807) is 17.0 Å². The van der Waals surface area contributed by atoms with Gasteiger partial charge in [-0.1, -0.05) is 12.1 Å². The first-order valence-corrected chi connectivity index (χ1v) is 12.0. The molecule has 0 amide bonds. The van der Waals surface area contributed by atoms with Crippen LogP contribution in [-0.2, 0) is 14.7 Å². The van der Waals surface area contributed by atoms with E-state index in [4.69, 9.17) is 5.41 Å². The van der Waals surface area contributed by atoms with Crippen molar-refractivity contribution in [1.82, 2.24) is 15.3 Å². The number of halogens is 4. The molecule has 3 aliphatic heterocycles. The molecular formula is C19H23F4N5O3S. The lowest BCUT2D eigenvalue weighted by Crippen LogP contribution is -2.56. The summed E-state index contributed by atoms with van der Waals surface area (Å²) in [6.45, 7) is 0.842. The molecule has 0 saturated carbocycles. The third kappa shape index (κ3) is 4.89. The summed E-state index contributed by atoms with van der Waals surface area (Å²) in [6, 6.07) is 5.30. The highest BCUT2D eigenvalue weighted by Gasteiger charge is 2.45. The third-order valence-corrected chi connectivity index (χ3v) is 7.72. The van der Waals surface area contributed by atoms with Gasteiger partial charge in [-0.2, -0.15) is 13.2 Å². The van der Waals surface area contributed by atoms with Crippen molar-refractivity contribution in [3.05, 3.63) is 35.6 Å². The van der Waals surface area contributed by atoms with Crippen molar-refractivity contribution in [3.63, 3.8) is 0 Å². The minimum absolute atomic E-state index is 0.0273.